The van der Waals surface area contributed by atoms with Crippen LogP contribution in [0.5, 0.6) is 0 Å². The average molecular weight is 350 g/mol. The predicted molar refractivity (Wildman–Crippen MR) is 79.3 cm³/mol. The zero-order valence-corrected chi connectivity index (χ0v) is 14.0. The smallest absolute Gasteiger partial charge is 0.243 e. The molecule has 0 aromatic heterocycles. The first-order valence-corrected chi connectivity index (χ1v) is 8.17. The first-order valence-electron chi connectivity index (χ1n) is 5.93. The Morgan fingerprint density at radius 3 is 2.32 bits per heavy atom. The number of halogens is 1. The van der Waals surface area contributed by atoms with Crippen molar-refractivity contribution in [2.45, 2.75) is 32.3 Å². The molecule has 4 nitrogen and oxygen atoms in total. The lowest BCUT2D eigenvalue weighted by Gasteiger charge is -2.26. The Bertz CT molecular complexity index is 549. The van der Waals surface area contributed by atoms with Crippen LogP contribution in [-0.4, -0.2) is 31.4 Å². The van der Waals surface area contributed by atoms with Crippen molar-refractivity contribution in [1.29, 1.82) is 0 Å². The Kier molecular flexibility index (Phi) is 5.17. The quantitative estimate of drug-likeness (QED) is 0.908. The van der Waals surface area contributed by atoms with Crippen molar-refractivity contribution in [3.05, 3.63) is 28.2 Å². The van der Waals surface area contributed by atoms with Gasteiger partial charge in [-0.15, -0.1) is 0 Å². The molecule has 0 spiro atoms. The highest BCUT2D eigenvalue weighted by Gasteiger charge is 2.26. The second-order valence-electron chi connectivity index (χ2n) is 5.74. The molecular formula is C13H20BrNO3S. The zero-order valence-electron chi connectivity index (χ0n) is 11.6. The van der Waals surface area contributed by atoms with Crippen molar-refractivity contribution < 1.29 is 13.5 Å². The fourth-order valence-electron chi connectivity index (χ4n) is 1.77. The molecule has 1 rings (SSSR count). The molecule has 0 saturated carbocycles. The average Bonchev–Trinajstić information content (AvgIpc) is 2.26. The van der Waals surface area contributed by atoms with Crippen LogP contribution in [-0.2, 0) is 16.6 Å². The number of benzene rings is 1. The molecule has 0 aliphatic rings. The zero-order chi connectivity index (χ0) is 14.8. The number of nitrogens with zero attached hydrogens (tertiary/aromatic N) is 1. The summed E-state index contributed by atoms with van der Waals surface area (Å²) in [6, 6.07) is 4.75. The van der Waals surface area contributed by atoms with Crippen molar-refractivity contribution in [2.24, 2.45) is 5.41 Å². The second-order valence-corrected chi connectivity index (χ2v) is 8.61. The largest absolute Gasteiger partial charge is 0.392 e. The van der Waals surface area contributed by atoms with Crippen LogP contribution in [0, 0.1) is 5.41 Å². The van der Waals surface area contributed by atoms with E-state index in [2.05, 4.69) is 15.9 Å². The van der Waals surface area contributed by atoms with E-state index in [0.29, 0.717) is 16.6 Å². The third kappa shape index (κ3) is 4.27. The minimum atomic E-state index is -3.52. The molecule has 0 amide bonds. The molecule has 1 N–H and O–H groups in total. The van der Waals surface area contributed by atoms with Gasteiger partial charge in [0, 0.05) is 18.1 Å². The number of rotatable bonds is 4. The summed E-state index contributed by atoms with van der Waals surface area (Å²) in [6.45, 7) is 6.29. The molecule has 1 aromatic rings. The fraction of sp³-hybridized carbons (Fsp3) is 0.538. The van der Waals surface area contributed by atoms with Crippen LogP contribution in [0.1, 0.15) is 26.3 Å². The van der Waals surface area contributed by atoms with E-state index >= 15 is 0 Å². The molecule has 6 heteroatoms. The van der Waals surface area contributed by atoms with Crippen LogP contribution in [0.25, 0.3) is 0 Å². The molecule has 108 valence electrons. The van der Waals surface area contributed by atoms with Crippen molar-refractivity contribution in [3.8, 4) is 0 Å². The monoisotopic (exact) mass is 349 g/mol. The minimum absolute atomic E-state index is 0.112. The van der Waals surface area contributed by atoms with Crippen LogP contribution in [0.2, 0.25) is 0 Å². The van der Waals surface area contributed by atoms with Gasteiger partial charge in [-0.05, 0) is 39.0 Å². The van der Waals surface area contributed by atoms with Gasteiger partial charge in [-0.25, -0.2) is 12.7 Å². The lowest BCUT2D eigenvalue weighted by Crippen LogP contribution is -2.34. The Morgan fingerprint density at radius 2 is 1.89 bits per heavy atom. The Balaban J connectivity index is 3.13. The van der Waals surface area contributed by atoms with Crippen molar-refractivity contribution in [3.63, 3.8) is 0 Å². The highest BCUT2D eigenvalue weighted by Crippen LogP contribution is 2.27. The number of hydrogen-bond acceptors (Lipinski definition) is 3. The Morgan fingerprint density at radius 1 is 1.32 bits per heavy atom. The predicted octanol–water partition coefficient (Wildman–Crippen LogP) is 2.61. The van der Waals surface area contributed by atoms with Gasteiger partial charge in [-0.3, -0.25) is 0 Å². The molecule has 0 saturated heterocycles. The standard InChI is InChI=1S/C13H20BrNO3S/c1-13(2,3)9-15(4)19(17,18)12-6-5-10(8-16)7-11(12)14/h5-7,16H,8-9H2,1-4H3. The molecule has 0 aliphatic heterocycles. The van der Waals surface area contributed by atoms with Gasteiger partial charge in [-0.2, -0.15) is 0 Å². The Labute approximate surface area is 123 Å². The second kappa shape index (κ2) is 5.91. The molecule has 19 heavy (non-hydrogen) atoms. The third-order valence-electron chi connectivity index (χ3n) is 2.56. The van der Waals surface area contributed by atoms with Gasteiger partial charge in [-0.1, -0.05) is 26.8 Å². The molecule has 0 radical (unpaired) electrons. The lowest BCUT2D eigenvalue weighted by molar-refractivity contribution is 0.281. The highest BCUT2D eigenvalue weighted by atomic mass is 79.9. The van der Waals surface area contributed by atoms with Gasteiger partial charge >= 0.3 is 0 Å². The summed E-state index contributed by atoms with van der Waals surface area (Å²) in [6.07, 6.45) is 0. The number of aliphatic hydroxyl groups is 1. The summed E-state index contributed by atoms with van der Waals surface area (Å²) in [5.41, 5.74) is 0.559. The van der Waals surface area contributed by atoms with Crippen LogP contribution < -0.4 is 0 Å². The molecule has 1 aromatic carbocycles. The van der Waals surface area contributed by atoms with Crippen molar-refractivity contribution >= 4 is 26.0 Å². The lowest BCUT2D eigenvalue weighted by atomic mass is 9.97. The van der Waals surface area contributed by atoms with E-state index in [4.69, 9.17) is 5.11 Å². The van der Waals surface area contributed by atoms with Gasteiger partial charge in [0.25, 0.3) is 0 Å². The van der Waals surface area contributed by atoms with Gasteiger partial charge in [0.15, 0.2) is 0 Å². The molecule has 0 unspecified atom stereocenters. The van der Waals surface area contributed by atoms with Crippen molar-refractivity contribution in [1.82, 2.24) is 4.31 Å². The highest BCUT2D eigenvalue weighted by molar-refractivity contribution is 9.10. The molecule has 0 aliphatic carbocycles. The van der Waals surface area contributed by atoms with Gasteiger partial charge in [0.2, 0.25) is 10.0 Å². The molecule has 0 heterocycles. The summed E-state index contributed by atoms with van der Waals surface area (Å²) in [4.78, 5) is 0.219. The normalized spacial score (nSPS) is 13.0. The maximum absolute atomic E-state index is 12.5. The Hall–Kier alpha value is -0.430. The van der Waals surface area contributed by atoms with E-state index in [9.17, 15) is 8.42 Å². The summed E-state index contributed by atoms with van der Waals surface area (Å²) < 4.78 is 26.8. The molecular weight excluding hydrogens is 330 g/mol. The van der Waals surface area contributed by atoms with Gasteiger partial charge < -0.3 is 5.11 Å². The fourth-order valence-corrected chi connectivity index (χ4v) is 4.25. The van der Waals surface area contributed by atoms with E-state index in [-0.39, 0.29) is 16.9 Å². The summed E-state index contributed by atoms with van der Waals surface area (Å²) in [5, 5.41) is 9.04. The topological polar surface area (TPSA) is 57.6 Å². The molecule has 0 atom stereocenters. The van der Waals surface area contributed by atoms with Crippen LogP contribution in [0.15, 0.2) is 27.6 Å². The minimum Gasteiger partial charge on any atom is -0.392 e. The summed E-state index contributed by atoms with van der Waals surface area (Å²) >= 11 is 3.25. The molecule has 0 fully saturated rings. The van der Waals surface area contributed by atoms with E-state index < -0.39 is 10.0 Å². The number of aliphatic hydroxyl groups excluding tert-OH is 1. The van der Waals surface area contributed by atoms with E-state index in [1.807, 2.05) is 20.8 Å². The van der Waals surface area contributed by atoms with Gasteiger partial charge in [0.05, 0.1) is 11.5 Å². The summed E-state index contributed by atoms with van der Waals surface area (Å²) in [7, 11) is -1.95. The van der Waals surface area contributed by atoms with Gasteiger partial charge in [0.1, 0.15) is 0 Å². The maximum Gasteiger partial charge on any atom is 0.243 e. The first kappa shape index (κ1) is 16.6. The van der Waals surface area contributed by atoms with E-state index in [0.717, 1.165) is 0 Å². The summed E-state index contributed by atoms with van der Waals surface area (Å²) in [5.74, 6) is 0. The van der Waals surface area contributed by atoms with Crippen LogP contribution >= 0.6 is 15.9 Å². The van der Waals surface area contributed by atoms with Crippen molar-refractivity contribution in [2.75, 3.05) is 13.6 Å². The third-order valence-corrected chi connectivity index (χ3v) is 5.34. The van der Waals surface area contributed by atoms with E-state index in [1.54, 1.807) is 19.2 Å². The maximum atomic E-state index is 12.5. The number of hydrogen-bond donors (Lipinski definition) is 1. The number of sulfonamides is 1. The first-order chi connectivity index (χ1) is 8.58. The SMILES string of the molecule is CN(CC(C)(C)C)S(=O)(=O)c1ccc(CO)cc1Br. The van der Waals surface area contributed by atoms with Crippen LogP contribution in [0.3, 0.4) is 0 Å². The van der Waals surface area contributed by atoms with Crippen LogP contribution in [0.4, 0.5) is 0 Å². The molecule has 0 bridgehead atoms. The van der Waals surface area contributed by atoms with E-state index in [1.165, 1.54) is 10.4 Å².